The molecule has 3 aromatic rings. The van der Waals surface area contributed by atoms with Crippen molar-refractivity contribution in [3.63, 3.8) is 0 Å². The first-order valence-corrected chi connectivity index (χ1v) is 11.6. The first-order chi connectivity index (χ1) is 14.4. The lowest BCUT2D eigenvalue weighted by Crippen LogP contribution is -2.15. The quantitative estimate of drug-likeness (QED) is 0.526. The SMILES string of the molecule is COC(=O)c1c(NC(=O)CCCS(=O)(=O)c2ccc(OC)cc2)sc2ccccc12. The van der Waals surface area contributed by atoms with Crippen molar-refractivity contribution >= 4 is 48.1 Å². The molecule has 0 aliphatic heterocycles. The summed E-state index contributed by atoms with van der Waals surface area (Å²) < 4.78 is 35.6. The Bertz CT molecular complexity index is 1170. The number of sulfone groups is 1. The summed E-state index contributed by atoms with van der Waals surface area (Å²) in [6, 6.07) is 13.4. The third-order valence-electron chi connectivity index (χ3n) is 4.47. The molecule has 1 amide bonds. The van der Waals surface area contributed by atoms with Crippen LogP contribution in [0.3, 0.4) is 0 Å². The Morgan fingerprint density at radius 2 is 1.73 bits per heavy atom. The van der Waals surface area contributed by atoms with E-state index < -0.39 is 15.8 Å². The summed E-state index contributed by atoms with van der Waals surface area (Å²) in [5.74, 6) is -0.497. The number of nitrogens with one attached hydrogen (secondary N) is 1. The molecule has 1 N–H and O–H groups in total. The number of benzene rings is 2. The molecule has 1 aromatic heterocycles. The third kappa shape index (κ3) is 4.80. The zero-order valence-electron chi connectivity index (χ0n) is 16.5. The van der Waals surface area contributed by atoms with Crippen LogP contribution >= 0.6 is 11.3 Å². The van der Waals surface area contributed by atoms with Crippen molar-refractivity contribution in [3.8, 4) is 5.75 Å². The number of rotatable bonds is 8. The normalized spacial score (nSPS) is 11.3. The fraction of sp³-hybridized carbons (Fsp3) is 0.238. The summed E-state index contributed by atoms with van der Waals surface area (Å²) in [7, 11) is -0.720. The van der Waals surface area contributed by atoms with Gasteiger partial charge >= 0.3 is 5.97 Å². The molecule has 158 valence electrons. The molecule has 0 saturated carbocycles. The van der Waals surface area contributed by atoms with Gasteiger partial charge in [-0.2, -0.15) is 0 Å². The Balaban J connectivity index is 1.65. The van der Waals surface area contributed by atoms with Gasteiger partial charge in [-0.05, 0) is 36.8 Å². The highest BCUT2D eigenvalue weighted by Crippen LogP contribution is 2.36. The average Bonchev–Trinajstić information content (AvgIpc) is 3.10. The Morgan fingerprint density at radius 1 is 1.03 bits per heavy atom. The van der Waals surface area contributed by atoms with Crippen LogP contribution < -0.4 is 10.1 Å². The summed E-state index contributed by atoms with van der Waals surface area (Å²) >= 11 is 1.27. The van der Waals surface area contributed by atoms with Crippen molar-refractivity contribution in [2.24, 2.45) is 0 Å². The van der Waals surface area contributed by atoms with Crippen molar-refractivity contribution in [2.45, 2.75) is 17.7 Å². The molecular formula is C21H21NO6S2. The second-order valence-electron chi connectivity index (χ2n) is 6.44. The van der Waals surface area contributed by atoms with E-state index in [1.807, 2.05) is 12.1 Å². The van der Waals surface area contributed by atoms with E-state index in [-0.39, 0.29) is 29.4 Å². The van der Waals surface area contributed by atoms with Gasteiger partial charge < -0.3 is 14.8 Å². The van der Waals surface area contributed by atoms with E-state index in [2.05, 4.69) is 5.32 Å². The molecular weight excluding hydrogens is 426 g/mol. The molecule has 0 atom stereocenters. The Labute approximate surface area is 178 Å². The summed E-state index contributed by atoms with van der Waals surface area (Å²) in [5, 5.41) is 3.82. The molecule has 30 heavy (non-hydrogen) atoms. The van der Waals surface area contributed by atoms with Crippen LogP contribution in [0.4, 0.5) is 5.00 Å². The predicted octanol–water partition coefficient (Wildman–Crippen LogP) is 3.89. The van der Waals surface area contributed by atoms with Gasteiger partial charge in [-0.3, -0.25) is 4.79 Å². The zero-order valence-corrected chi connectivity index (χ0v) is 18.1. The number of fused-ring (bicyclic) bond motifs is 1. The topological polar surface area (TPSA) is 98.8 Å². The molecule has 2 aromatic carbocycles. The average molecular weight is 448 g/mol. The highest BCUT2D eigenvalue weighted by Gasteiger charge is 2.21. The molecule has 0 bridgehead atoms. The summed E-state index contributed by atoms with van der Waals surface area (Å²) in [6.07, 6.45) is 0.156. The van der Waals surface area contributed by atoms with Crippen LogP contribution in [-0.2, 0) is 19.4 Å². The number of hydrogen-bond acceptors (Lipinski definition) is 7. The molecule has 0 aliphatic carbocycles. The van der Waals surface area contributed by atoms with E-state index in [9.17, 15) is 18.0 Å². The summed E-state index contributed by atoms with van der Waals surface area (Å²) in [6.45, 7) is 0. The van der Waals surface area contributed by atoms with E-state index >= 15 is 0 Å². The van der Waals surface area contributed by atoms with Gasteiger partial charge in [0.2, 0.25) is 5.91 Å². The van der Waals surface area contributed by atoms with E-state index in [0.29, 0.717) is 21.7 Å². The smallest absolute Gasteiger partial charge is 0.341 e. The molecule has 9 heteroatoms. The number of methoxy groups -OCH3 is 2. The number of carbonyl (C=O) groups is 2. The Hall–Kier alpha value is -2.91. The molecule has 0 unspecified atom stereocenters. The molecule has 0 fully saturated rings. The number of hydrogen-bond donors (Lipinski definition) is 1. The van der Waals surface area contributed by atoms with Crippen LogP contribution in [0.2, 0.25) is 0 Å². The number of carbonyl (C=O) groups excluding carboxylic acids is 2. The number of anilines is 1. The lowest BCUT2D eigenvalue weighted by atomic mass is 10.1. The fourth-order valence-corrected chi connectivity index (χ4v) is 5.37. The molecule has 7 nitrogen and oxygen atoms in total. The van der Waals surface area contributed by atoms with Gasteiger partial charge in [-0.1, -0.05) is 18.2 Å². The third-order valence-corrected chi connectivity index (χ3v) is 7.38. The highest BCUT2D eigenvalue weighted by atomic mass is 32.2. The van der Waals surface area contributed by atoms with Gasteiger partial charge in [-0.15, -0.1) is 11.3 Å². The first-order valence-electron chi connectivity index (χ1n) is 9.12. The van der Waals surface area contributed by atoms with E-state index in [0.717, 1.165) is 4.70 Å². The molecule has 0 aliphatic rings. The number of thiophene rings is 1. The van der Waals surface area contributed by atoms with E-state index in [4.69, 9.17) is 9.47 Å². The maximum atomic E-state index is 12.4. The second kappa shape index (κ2) is 9.27. The minimum absolute atomic E-state index is 0.00421. The first kappa shape index (κ1) is 21.8. The van der Waals surface area contributed by atoms with Gasteiger partial charge in [-0.25, -0.2) is 13.2 Å². The number of ether oxygens (including phenoxy) is 2. The van der Waals surface area contributed by atoms with Crippen molar-refractivity contribution in [3.05, 3.63) is 54.1 Å². The predicted molar refractivity (Wildman–Crippen MR) is 116 cm³/mol. The van der Waals surface area contributed by atoms with Gasteiger partial charge in [0.1, 0.15) is 16.3 Å². The van der Waals surface area contributed by atoms with E-state index in [1.54, 1.807) is 24.3 Å². The van der Waals surface area contributed by atoms with Crippen LogP contribution in [0, 0.1) is 0 Å². The summed E-state index contributed by atoms with van der Waals surface area (Å²) in [5.41, 5.74) is 0.303. The van der Waals surface area contributed by atoms with Crippen molar-refractivity contribution in [2.75, 3.05) is 25.3 Å². The van der Waals surface area contributed by atoms with Crippen LogP contribution in [0.5, 0.6) is 5.75 Å². The maximum Gasteiger partial charge on any atom is 0.341 e. The maximum absolute atomic E-state index is 12.4. The van der Waals surface area contributed by atoms with Crippen LogP contribution in [0.25, 0.3) is 10.1 Å². The van der Waals surface area contributed by atoms with Gasteiger partial charge in [0.25, 0.3) is 0 Å². The molecule has 0 spiro atoms. The number of esters is 1. The Morgan fingerprint density at radius 3 is 2.40 bits per heavy atom. The van der Waals surface area contributed by atoms with Crippen molar-refractivity contribution < 1.29 is 27.5 Å². The number of amides is 1. The molecule has 0 saturated heterocycles. The van der Waals surface area contributed by atoms with Crippen LogP contribution in [0.15, 0.2) is 53.4 Å². The van der Waals surface area contributed by atoms with Crippen LogP contribution in [-0.4, -0.2) is 40.3 Å². The molecule has 0 radical (unpaired) electrons. The van der Waals surface area contributed by atoms with Crippen LogP contribution in [0.1, 0.15) is 23.2 Å². The second-order valence-corrected chi connectivity index (χ2v) is 9.60. The monoisotopic (exact) mass is 447 g/mol. The Kier molecular flexibility index (Phi) is 6.73. The lowest BCUT2D eigenvalue weighted by Gasteiger charge is -2.07. The standard InChI is InChI=1S/C21H21NO6S2/c1-27-14-9-11-15(12-10-14)30(25,26)13-5-8-18(23)22-20-19(21(24)28-2)16-6-3-4-7-17(16)29-20/h3-4,6-7,9-12H,5,8,13H2,1-2H3,(H,22,23). The van der Waals surface area contributed by atoms with Gasteiger partial charge in [0.05, 0.1) is 24.9 Å². The van der Waals surface area contributed by atoms with Gasteiger partial charge in [0, 0.05) is 16.5 Å². The minimum Gasteiger partial charge on any atom is -0.497 e. The molecule has 1 heterocycles. The van der Waals surface area contributed by atoms with Crippen molar-refractivity contribution in [1.29, 1.82) is 0 Å². The highest BCUT2D eigenvalue weighted by molar-refractivity contribution is 7.91. The zero-order chi connectivity index (χ0) is 21.7. The molecule has 3 rings (SSSR count). The lowest BCUT2D eigenvalue weighted by molar-refractivity contribution is -0.116. The van der Waals surface area contributed by atoms with Gasteiger partial charge in [0.15, 0.2) is 9.84 Å². The fourth-order valence-electron chi connectivity index (χ4n) is 2.95. The summed E-state index contributed by atoms with van der Waals surface area (Å²) in [4.78, 5) is 24.8. The largest absolute Gasteiger partial charge is 0.497 e. The van der Waals surface area contributed by atoms with E-state index in [1.165, 1.54) is 37.7 Å². The minimum atomic E-state index is -3.51. The van der Waals surface area contributed by atoms with Crippen molar-refractivity contribution in [1.82, 2.24) is 0 Å².